The minimum atomic E-state index is 0.185. The Balaban J connectivity index is 2.40. The van der Waals surface area contributed by atoms with Crippen LogP contribution in [0.4, 0.5) is 0 Å². The second kappa shape index (κ2) is 5.08. The molecule has 1 heterocycles. The van der Waals surface area contributed by atoms with Crippen molar-refractivity contribution in [2.45, 2.75) is 26.8 Å². The number of aromatic hydroxyl groups is 1. The van der Waals surface area contributed by atoms with E-state index in [1.54, 1.807) is 0 Å². The van der Waals surface area contributed by atoms with Gasteiger partial charge in [-0.1, -0.05) is 29.8 Å². The molecular weight excluding hydrogens is 284 g/mol. The zero-order valence-corrected chi connectivity index (χ0v) is 13.0. The van der Waals surface area contributed by atoms with Crippen molar-refractivity contribution in [2.75, 3.05) is 0 Å². The number of aromatic nitrogens is 2. The number of nitrogens with zero attached hydrogens (tertiary/aromatic N) is 2. The molecule has 0 saturated heterocycles. The van der Waals surface area contributed by atoms with Gasteiger partial charge >= 0.3 is 0 Å². The van der Waals surface area contributed by atoms with Crippen LogP contribution in [0.3, 0.4) is 0 Å². The number of aryl methyl sites for hydroxylation is 1. The topological polar surface area (TPSA) is 38.0 Å². The molecule has 0 fully saturated rings. The summed E-state index contributed by atoms with van der Waals surface area (Å²) in [5.74, 6) is 1.01. The number of hydrogen-bond donors (Lipinski definition) is 1. The van der Waals surface area contributed by atoms with E-state index in [2.05, 4.69) is 23.4 Å². The van der Waals surface area contributed by atoms with E-state index >= 15 is 0 Å². The van der Waals surface area contributed by atoms with Crippen LogP contribution in [0.15, 0.2) is 36.4 Å². The number of fused-ring (bicyclic) bond motifs is 1. The van der Waals surface area contributed by atoms with Crippen molar-refractivity contribution in [1.82, 2.24) is 9.55 Å². The van der Waals surface area contributed by atoms with E-state index in [0.717, 1.165) is 28.0 Å². The first-order chi connectivity index (χ1) is 10.0. The predicted octanol–water partition coefficient (Wildman–Crippen LogP) is 4.95. The number of phenols is 1. The maximum atomic E-state index is 10.4. The third-order valence-electron chi connectivity index (χ3n) is 3.66. The fourth-order valence-corrected chi connectivity index (χ4v) is 2.90. The lowest BCUT2D eigenvalue weighted by Gasteiger charge is -2.15. The third-order valence-corrected chi connectivity index (χ3v) is 3.96. The van der Waals surface area contributed by atoms with Crippen LogP contribution in [0, 0.1) is 6.92 Å². The molecule has 3 aromatic rings. The third kappa shape index (κ3) is 2.18. The summed E-state index contributed by atoms with van der Waals surface area (Å²) in [4.78, 5) is 4.69. The lowest BCUT2D eigenvalue weighted by Crippen LogP contribution is -2.03. The number of hydrogen-bond acceptors (Lipinski definition) is 2. The van der Waals surface area contributed by atoms with E-state index in [4.69, 9.17) is 11.6 Å². The molecule has 0 aliphatic heterocycles. The van der Waals surface area contributed by atoms with Gasteiger partial charge in [-0.2, -0.15) is 0 Å². The lowest BCUT2D eigenvalue weighted by atomic mass is 10.1. The Morgan fingerprint density at radius 1 is 1.14 bits per heavy atom. The van der Waals surface area contributed by atoms with Crippen LogP contribution in [0.5, 0.6) is 5.75 Å². The molecule has 0 spiro atoms. The fraction of sp³-hybridized carbons (Fsp3) is 0.235. The summed E-state index contributed by atoms with van der Waals surface area (Å²) in [6, 6.07) is 11.6. The highest BCUT2D eigenvalue weighted by molar-refractivity contribution is 6.35. The van der Waals surface area contributed by atoms with Gasteiger partial charge in [0.2, 0.25) is 0 Å². The highest BCUT2D eigenvalue weighted by atomic mass is 35.5. The molecule has 3 nitrogen and oxygen atoms in total. The molecule has 0 radical (unpaired) electrons. The van der Waals surface area contributed by atoms with Gasteiger partial charge in [0.15, 0.2) is 0 Å². The average Bonchev–Trinajstić information content (AvgIpc) is 2.82. The number of phenolic OH excluding ortho intramolecular Hbond substituents is 1. The van der Waals surface area contributed by atoms with Crippen molar-refractivity contribution in [3.05, 3.63) is 47.0 Å². The smallest absolute Gasteiger partial charge is 0.145 e. The van der Waals surface area contributed by atoms with Crippen molar-refractivity contribution in [3.63, 3.8) is 0 Å². The van der Waals surface area contributed by atoms with Crippen LogP contribution >= 0.6 is 11.6 Å². The Kier molecular flexibility index (Phi) is 3.38. The lowest BCUT2D eigenvalue weighted by molar-refractivity contribution is 0.472. The molecule has 0 saturated carbocycles. The first kappa shape index (κ1) is 14.0. The molecular formula is C17H17ClN2O. The van der Waals surface area contributed by atoms with Crippen LogP contribution < -0.4 is 0 Å². The molecule has 4 heteroatoms. The standard InChI is InChI=1S/C17H17ClN2O/c1-10(2)20-15-13(18)8-5-9-14(15)19-17(20)12-7-4-6-11(3)16(12)21/h4-10,21H,1-3H3. The van der Waals surface area contributed by atoms with Gasteiger partial charge in [0.25, 0.3) is 0 Å². The average molecular weight is 301 g/mol. The normalized spacial score (nSPS) is 11.5. The Morgan fingerprint density at radius 3 is 2.57 bits per heavy atom. The van der Waals surface area contributed by atoms with E-state index in [-0.39, 0.29) is 11.8 Å². The highest BCUT2D eigenvalue weighted by Crippen LogP contribution is 2.37. The van der Waals surface area contributed by atoms with Gasteiger partial charge in [0, 0.05) is 6.04 Å². The first-order valence-electron chi connectivity index (χ1n) is 6.96. The first-order valence-corrected chi connectivity index (χ1v) is 7.34. The number of rotatable bonds is 2. The van der Waals surface area contributed by atoms with Crippen LogP contribution in [-0.4, -0.2) is 14.7 Å². The molecule has 21 heavy (non-hydrogen) atoms. The van der Waals surface area contributed by atoms with Crippen molar-refractivity contribution in [2.24, 2.45) is 0 Å². The zero-order valence-electron chi connectivity index (χ0n) is 12.3. The molecule has 0 aliphatic rings. The number of para-hydroxylation sites is 2. The van der Waals surface area contributed by atoms with E-state index in [9.17, 15) is 5.11 Å². The molecule has 108 valence electrons. The maximum absolute atomic E-state index is 10.4. The summed E-state index contributed by atoms with van der Waals surface area (Å²) in [5.41, 5.74) is 3.31. The molecule has 0 amide bonds. The molecule has 1 aromatic heterocycles. The SMILES string of the molecule is Cc1cccc(-c2nc3cccc(Cl)c3n2C(C)C)c1O. The second-order valence-corrected chi connectivity index (χ2v) is 5.89. The van der Waals surface area contributed by atoms with Crippen molar-refractivity contribution < 1.29 is 5.11 Å². The fourth-order valence-electron chi connectivity index (χ4n) is 2.64. The van der Waals surface area contributed by atoms with Crippen LogP contribution in [-0.2, 0) is 0 Å². The number of halogens is 1. The van der Waals surface area contributed by atoms with Gasteiger partial charge in [0.1, 0.15) is 11.6 Å². The van der Waals surface area contributed by atoms with E-state index in [1.807, 2.05) is 43.3 Å². The summed E-state index contributed by atoms with van der Waals surface area (Å²) in [6.45, 7) is 6.05. The van der Waals surface area contributed by atoms with Crippen LogP contribution in [0.25, 0.3) is 22.4 Å². The van der Waals surface area contributed by atoms with Gasteiger partial charge in [0.05, 0.1) is 21.6 Å². The summed E-state index contributed by atoms with van der Waals surface area (Å²) >= 11 is 6.35. The van der Waals surface area contributed by atoms with Gasteiger partial charge < -0.3 is 9.67 Å². The second-order valence-electron chi connectivity index (χ2n) is 5.48. The van der Waals surface area contributed by atoms with Crippen molar-refractivity contribution in [3.8, 4) is 17.1 Å². The summed E-state index contributed by atoms with van der Waals surface area (Å²) in [5, 5.41) is 11.0. The molecule has 0 atom stereocenters. The Hall–Kier alpha value is -2.00. The molecule has 0 aliphatic carbocycles. The highest BCUT2D eigenvalue weighted by Gasteiger charge is 2.19. The molecule has 3 rings (SSSR count). The monoisotopic (exact) mass is 300 g/mol. The van der Waals surface area contributed by atoms with Gasteiger partial charge in [-0.25, -0.2) is 4.98 Å². The Bertz CT molecular complexity index is 821. The maximum Gasteiger partial charge on any atom is 0.145 e. The van der Waals surface area contributed by atoms with E-state index in [0.29, 0.717) is 5.02 Å². The minimum absolute atomic E-state index is 0.185. The van der Waals surface area contributed by atoms with Gasteiger partial charge in [-0.15, -0.1) is 0 Å². The van der Waals surface area contributed by atoms with E-state index < -0.39 is 0 Å². The summed E-state index contributed by atoms with van der Waals surface area (Å²) in [6.07, 6.45) is 0. The minimum Gasteiger partial charge on any atom is -0.507 e. The Labute approximate surface area is 128 Å². The Morgan fingerprint density at radius 2 is 1.86 bits per heavy atom. The quantitative estimate of drug-likeness (QED) is 0.727. The number of benzene rings is 2. The summed E-state index contributed by atoms with van der Waals surface area (Å²) < 4.78 is 2.08. The summed E-state index contributed by atoms with van der Waals surface area (Å²) in [7, 11) is 0. The molecule has 0 unspecified atom stereocenters. The van der Waals surface area contributed by atoms with Crippen LogP contribution in [0.1, 0.15) is 25.5 Å². The largest absolute Gasteiger partial charge is 0.507 e. The predicted molar refractivity (Wildman–Crippen MR) is 87.0 cm³/mol. The molecule has 1 N–H and O–H groups in total. The van der Waals surface area contributed by atoms with Crippen molar-refractivity contribution >= 4 is 22.6 Å². The van der Waals surface area contributed by atoms with Crippen LogP contribution in [0.2, 0.25) is 5.02 Å². The number of imidazole rings is 1. The van der Waals surface area contributed by atoms with Gasteiger partial charge in [-0.05, 0) is 44.5 Å². The van der Waals surface area contributed by atoms with Gasteiger partial charge in [-0.3, -0.25) is 0 Å². The van der Waals surface area contributed by atoms with Crippen molar-refractivity contribution in [1.29, 1.82) is 0 Å². The van der Waals surface area contributed by atoms with E-state index in [1.165, 1.54) is 0 Å². The molecule has 2 aromatic carbocycles. The zero-order chi connectivity index (χ0) is 15.1. The molecule has 0 bridgehead atoms.